The van der Waals surface area contributed by atoms with Gasteiger partial charge >= 0.3 is 5.97 Å². The van der Waals surface area contributed by atoms with Crippen LogP contribution in [0.5, 0.6) is 11.5 Å². The minimum Gasteiger partial charge on any atom is -0.504 e. The van der Waals surface area contributed by atoms with E-state index in [9.17, 15) is 9.90 Å². The van der Waals surface area contributed by atoms with Gasteiger partial charge < -0.3 is 19.9 Å². The fourth-order valence-electron chi connectivity index (χ4n) is 1.28. The fraction of sp³-hybridized carbons (Fsp3) is 0.231. The first kappa shape index (κ1) is 14.4. The lowest BCUT2D eigenvalue weighted by Crippen LogP contribution is -2.07. The van der Waals surface area contributed by atoms with Gasteiger partial charge in [0.05, 0.1) is 13.7 Å². The van der Waals surface area contributed by atoms with Crippen LogP contribution in [0.2, 0.25) is 0 Å². The Hall–Kier alpha value is -2.68. The summed E-state index contributed by atoms with van der Waals surface area (Å²) in [6, 6.07) is 6.33. The Morgan fingerprint density at radius 1 is 1.58 bits per heavy atom. The maximum Gasteiger partial charge on any atom is 0.350 e. The molecule has 100 valence electrons. The van der Waals surface area contributed by atoms with E-state index in [0.717, 1.165) is 0 Å². The van der Waals surface area contributed by atoms with Gasteiger partial charge in [-0.05, 0) is 19.1 Å². The van der Waals surface area contributed by atoms with Gasteiger partial charge in [0.1, 0.15) is 6.07 Å². The molecule has 0 saturated heterocycles. The molecule has 0 amide bonds. The first-order chi connectivity index (χ1) is 9.12. The van der Waals surface area contributed by atoms with Crippen molar-refractivity contribution in [2.45, 2.75) is 6.92 Å². The van der Waals surface area contributed by atoms with Crippen LogP contribution in [0.15, 0.2) is 30.0 Å². The standard InChI is InChI=1S/C13H14N2O4/c1-3-19-13(17)9(7-14)8-15-10-4-5-12(18-2)11(16)6-10/h4-6,8,15-16H,3H2,1-2H3/b9-8+. The van der Waals surface area contributed by atoms with Gasteiger partial charge in [-0.1, -0.05) is 0 Å². The van der Waals surface area contributed by atoms with Crippen molar-refractivity contribution in [3.63, 3.8) is 0 Å². The Labute approximate surface area is 110 Å². The molecule has 0 saturated carbocycles. The highest BCUT2D eigenvalue weighted by atomic mass is 16.5. The number of benzene rings is 1. The maximum absolute atomic E-state index is 11.3. The minimum atomic E-state index is -0.699. The molecular weight excluding hydrogens is 248 g/mol. The largest absolute Gasteiger partial charge is 0.504 e. The van der Waals surface area contributed by atoms with E-state index in [1.807, 2.05) is 0 Å². The van der Waals surface area contributed by atoms with Gasteiger partial charge in [-0.2, -0.15) is 5.26 Å². The number of nitrogens with one attached hydrogen (secondary N) is 1. The van der Waals surface area contributed by atoms with Gasteiger partial charge in [0.2, 0.25) is 0 Å². The number of aromatic hydroxyl groups is 1. The minimum absolute atomic E-state index is 0.0458. The smallest absolute Gasteiger partial charge is 0.350 e. The van der Waals surface area contributed by atoms with E-state index in [1.165, 1.54) is 19.4 Å². The Morgan fingerprint density at radius 3 is 2.84 bits per heavy atom. The number of nitriles is 1. The zero-order valence-electron chi connectivity index (χ0n) is 10.6. The Morgan fingerprint density at radius 2 is 2.32 bits per heavy atom. The Bertz CT molecular complexity index is 532. The summed E-state index contributed by atoms with van der Waals surface area (Å²) in [4.78, 5) is 11.3. The third-order valence-electron chi connectivity index (χ3n) is 2.18. The second kappa shape index (κ2) is 6.91. The summed E-state index contributed by atoms with van der Waals surface area (Å²) in [5, 5.41) is 21.1. The SMILES string of the molecule is CCOC(=O)/C(C#N)=C/Nc1ccc(OC)c(O)c1. The van der Waals surface area contributed by atoms with Crippen LogP contribution in [0.25, 0.3) is 0 Å². The van der Waals surface area contributed by atoms with Crippen LogP contribution in [-0.4, -0.2) is 24.8 Å². The van der Waals surface area contributed by atoms with Crippen molar-refractivity contribution in [1.82, 2.24) is 0 Å². The maximum atomic E-state index is 11.3. The molecule has 0 unspecified atom stereocenters. The molecule has 6 heteroatoms. The number of anilines is 1. The fourth-order valence-corrected chi connectivity index (χ4v) is 1.28. The Balaban J connectivity index is 2.82. The molecule has 0 aliphatic rings. The van der Waals surface area contributed by atoms with E-state index >= 15 is 0 Å². The van der Waals surface area contributed by atoms with Crippen molar-refractivity contribution in [1.29, 1.82) is 5.26 Å². The molecule has 1 rings (SSSR count). The Kier molecular flexibility index (Phi) is 5.23. The zero-order valence-corrected chi connectivity index (χ0v) is 10.6. The number of hydrogen-bond donors (Lipinski definition) is 2. The third-order valence-corrected chi connectivity index (χ3v) is 2.18. The van der Waals surface area contributed by atoms with Gasteiger partial charge in [-0.25, -0.2) is 4.79 Å². The van der Waals surface area contributed by atoms with Gasteiger partial charge in [0.25, 0.3) is 0 Å². The van der Waals surface area contributed by atoms with Crippen LogP contribution in [-0.2, 0) is 9.53 Å². The summed E-state index contributed by atoms with van der Waals surface area (Å²) >= 11 is 0. The summed E-state index contributed by atoms with van der Waals surface area (Å²) < 4.78 is 9.60. The molecule has 0 spiro atoms. The van der Waals surface area contributed by atoms with Crippen molar-refractivity contribution in [2.75, 3.05) is 19.0 Å². The zero-order chi connectivity index (χ0) is 14.3. The highest BCUT2D eigenvalue weighted by Crippen LogP contribution is 2.28. The number of carbonyl (C=O) groups excluding carboxylic acids is 1. The molecule has 0 aliphatic heterocycles. The predicted molar refractivity (Wildman–Crippen MR) is 68.6 cm³/mol. The summed E-state index contributed by atoms with van der Waals surface area (Å²) in [7, 11) is 1.44. The number of methoxy groups -OCH3 is 1. The summed E-state index contributed by atoms with van der Waals surface area (Å²) in [6.07, 6.45) is 1.22. The number of rotatable bonds is 5. The monoisotopic (exact) mass is 262 g/mol. The summed E-state index contributed by atoms with van der Waals surface area (Å²) in [6.45, 7) is 1.85. The second-order valence-electron chi connectivity index (χ2n) is 3.42. The molecule has 0 bridgehead atoms. The molecule has 1 aromatic rings. The first-order valence-corrected chi connectivity index (χ1v) is 5.53. The lowest BCUT2D eigenvalue weighted by atomic mass is 10.2. The van der Waals surface area contributed by atoms with E-state index in [4.69, 9.17) is 14.7 Å². The molecule has 1 aromatic carbocycles. The number of phenols is 1. The van der Waals surface area contributed by atoms with Crippen molar-refractivity contribution in [3.05, 3.63) is 30.0 Å². The second-order valence-corrected chi connectivity index (χ2v) is 3.42. The van der Waals surface area contributed by atoms with Crippen molar-refractivity contribution >= 4 is 11.7 Å². The van der Waals surface area contributed by atoms with Crippen LogP contribution in [0.3, 0.4) is 0 Å². The lowest BCUT2D eigenvalue weighted by molar-refractivity contribution is -0.138. The summed E-state index contributed by atoms with van der Waals surface area (Å²) in [5.74, 6) is -0.411. The van der Waals surface area contributed by atoms with E-state index in [0.29, 0.717) is 11.4 Å². The van der Waals surface area contributed by atoms with Crippen LogP contribution >= 0.6 is 0 Å². The van der Waals surface area contributed by atoms with E-state index in [1.54, 1.807) is 25.1 Å². The van der Waals surface area contributed by atoms with Crippen molar-refractivity contribution < 1.29 is 19.4 Å². The van der Waals surface area contributed by atoms with E-state index in [-0.39, 0.29) is 17.9 Å². The van der Waals surface area contributed by atoms with Crippen LogP contribution in [0, 0.1) is 11.3 Å². The topological polar surface area (TPSA) is 91.6 Å². The number of nitrogens with zero attached hydrogens (tertiary/aromatic N) is 1. The van der Waals surface area contributed by atoms with Gasteiger partial charge in [-0.15, -0.1) is 0 Å². The average Bonchev–Trinajstić information content (AvgIpc) is 2.40. The highest BCUT2D eigenvalue weighted by molar-refractivity contribution is 5.93. The molecule has 0 heterocycles. The van der Waals surface area contributed by atoms with E-state index in [2.05, 4.69) is 5.32 Å². The van der Waals surface area contributed by atoms with Gasteiger partial charge in [0.15, 0.2) is 17.1 Å². The number of esters is 1. The van der Waals surface area contributed by atoms with E-state index < -0.39 is 5.97 Å². The molecule has 6 nitrogen and oxygen atoms in total. The molecule has 2 N–H and O–H groups in total. The molecular formula is C13H14N2O4. The van der Waals surface area contributed by atoms with Crippen LogP contribution < -0.4 is 10.1 Å². The average molecular weight is 262 g/mol. The lowest BCUT2D eigenvalue weighted by Gasteiger charge is -2.06. The van der Waals surface area contributed by atoms with Gasteiger partial charge in [-0.3, -0.25) is 0 Å². The third kappa shape index (κ3) is 3.92. The number of carbonyl (C=O) groups is 1. The highest BCUT2D eigenvalue weighted by Gasteiger charge is 2.09. The van der Waals surface area contributed by atoms with Crippen LogP contribution in [0.1, 0.15) is 6.92 Å². The molecule has 0 aliphatic carbocycles. The van der Waals surface area contributed by atoms with Crippen molar-refractivity contribution in [2.24, 2.45) is 0 Å². The van der Waals surface area contributed by atoms with Crippen LogP contribution in [0.4, 0.5) is 5.69 Å². The molecule has 0 aromatic heterocycles. The molecule has 0 fully saturated rings. The quantitative estimate of drug-likeness (QED) is 0.477. The number of ether oxygens (including phenoxy) is 2. The predicted octanol–water partition coefficient (Wildman–Crippen LogP) is 1.78. The number of phenolic OH excluding ortho intramolecular Hbond substituents is 1. The van der Waals surface area contributed by atoms with Crippen molar-refractivity contribution in [3.8, 4) is 17.6 Å². The normalized spacial score (nSPS) is 10.5. The summed E-state index contributed by atoms with van der Waals surface area (Å²) in [5.41, 5.74) is 0.354. The first-order valence-electron chi connectivity index (χ1n) is 5.53. The molecule has 0 radical (unpaired) electrons. The molecule has 0 atom stereocenters. The van der Waals surface area contributed by atoms with Gasteiger partial charge in [0, 0.05) is 18.0 Å². The molecule has 19 heavy (non-hydrogen) atoms. The number of hydrogen-bond acceptors (Lipinski definition) is 6.